The van der Waals surface area contributed by atoms with Crippen LogP contribution in [-0.4, -0.2) is 19.2 Å². The first-order valence-electron chi connectivity index (χ1n) is 8.52. The van der Waals surface area contributed by atoms with Gasteiger partial charge < -0.3 is 14.2 Å². The molecule has 0 saturated carbocycles. The van der Waals surface area contributed by atoms with Crippen LogP contribution in [-0.2, 0) is 6.42 Å². The lowest BCUT2D eigenvalue weighted by Gasteiger charge is -2.12. The van der Waals surface area contributed by atoms with Gasteiger partial charge in [-0.1, -0.05) is 25.5 Å². The molecule has 0 aliphatic rings. The van der Waals surface area contributed by atoms with Crippen molar-refractivity contribution >= 4 is 10.9 Å². The number of aryl methyl sites for hydroxylation is 1. The average Bonchev–Trinajstić information content (AvgIpc) is 2.66. The zero-order chi connectivity index (χ0) is 17.6. The maximum Gasteiger partial charge on any atom is 0.162 e. The molecule has 25 heavy (non-hydrogen) atoms. The van der Waals surface area contributed by atoms with Crippen molar-refractivity contribution in [1.82, 2.24) is 4.98 Å². The maximum absolute atomic E-state index is 6.09. The van der Waals surface area contributed by atoms with Crippen LogP contribution in [0.15, 0.2) is 48.7 Å². The van der Waals surface area contributed by atoms with Crippen LogP contribution in [0.3, 0.4) is 0 Å². The number of unbranched alkanes of at least 4 members (excludes halogenated alkanes) is 1. The molecule has 3 aromatic rings. The maximum atomic E-state index is 6.09. The molecule has 130 valence electrons. The van der Waals surface area contributed by atoms with E-state index in [1.54, 1.807) is 20.4 Å². The van der Waals surface area contributed by atoms with E-state index in [2.05, 4.69) is 24.0 Å². The number of fused-ring (bicyclic) bond motifs is 1. The Morgan fingerprint density at radius 1 is 0.880 bits per heavy atom. The summed E-state index contributed by atoms with van der Waals surface area (Å²) in [6.07, 6.45) is 5.24. The van der Waals surface area contributed by atoms with Crippen molar-refractivity contribution in [3.8, 4) is 23.0 Å². The summed E-state index contributed by atoms with van der Waals surface area (Å²) < 4.78 is 16.8. The Labute approximate surface area is 148 Å². The van der Waals surface area contributed by atoms with E-state index in [0.29, 0.717) is 11.5 Å². The lowest BCUT2D eigenvalue weighted by molar-refractivity contribution is 0.355. The zero-order valence-electron chi connectivity index (χ0n) is 14.9. The van der Waals surface area contributed by atoms with Crippen molar-refractivity contribution in [2.45, 2.75) is 26.2 Å². The molecule has 1 heterocycles. The van der Waals surface area contributed by atoms with Gasteiger partial charge in [-0.15, -0.1) is 0 Å². The Morgan fingerprint density at radius 3 is 2.28 bits per heavy atom. The smallest absolute Gasteiger partial charge is 0.162 e. The average molecular weight is 337 g/mol. The highest BCUT2D eigenvalue weighted by molar-refractivity contribution is 5.88. The second kappa shape index (κ2) is 7.88. The lowest BCUT2D eigenvalue weighted by Crippen LogP contribution is -1.93. The number of ether oxygens (including phenoxy) is 3. The Morgan fingerprint density at radius 2 is 1.60 bits per heavy atom. The van der Waals surface area contributed by atoms with Gasteiger partial charge in [-0.05, 0) is 42.7 Å². The van der Waals surface area contributed by atoms with E-state index in [4.69, 9.17) is 14.2 Å². The van der Waals surface area contributed by atoms with Gasteiger partial charge in [0, 0.05) is 17.6 Å². The number of pyridine rings is 1. The highest BCUT2D eigenvalue weighted by Gasteiger charge is 2.11. The molecule has 0 aliphatic carbocycles. The fourth-order valence-corrected chi connectivity index (χ4v) is 2.77. The van der Waals surface area contributed by atoms with Gasteiger partial charge >= 0.3 is 0 Å². The molecule has 4 nitrogen and oxygen atoms in total. The van der Waals surface area contributed by atoms with Gasteiger partial charge in [0.2, 0.25) is 0 Å². The minimum Gasteiger partial charge on any atom is -0.493 e. The van der Waals surface area contributed by atoms with E-state index in [0.717, 1.165) is 28.8 Å². The molecule has 0 atom stereocenters. The number of hydrogen-bond donors (Lipinski definition) is 0. The van der Waals surface area contributed by atoms with Crippen LogP contribution in [0.2, 0.25) is 0 Å². The molecule has 0 fully saturated rings. The number of nitrogens with zero attached hydrogens (tertiary/aromatic N) is 1. The quantitative estimate of drug-likeness (QED) is 0.580. The normalized spacial score (nSPS) is 10.7. The molecule has 2 aromatic carbocycles. The van der Waals surface area contributed by atoms with Crippen molar-refractivity contribution in [1.29, 1.82) is 0 Å². The van der Waals surface area contributed by atoms with Gasteiger partial charge in [0.25, 0.3) is 0 Å². The summed E-state index contributed by atoms with van der Waals surface area (Å²) in [5, 5.41) is 0.884. The van der Waals surface area contributed by atoms with Crippen molar-refractivity contribution in [3.63, 3.8) is 0 Å². The molecule has 0 aliphatic heterocycles. The molecule has 1 aromatic heterocycles. The topological polar surface area (TPSA) is 40.6 Å². The first kappa shape index (κ1) is 17.1. The molecule has 0 spiro atoms. The summed E-state index contributed by atoms with van der Waals surface area (Å²) in [5.41, 5.74) is 2.13. The summed E-state index contributed by atoms with van der Waals surface area (Å²) in [7, 11) is 3.24. The van der Waals surface area contributed by atoms with Gasteiger partial charge in [0.05, 0.1) is 19.7 Å². The third-order valence-electron chi connectivity index (χ3n) is 4.18. The van der Waals surface area contributed by atoms with E-state index in [1.165, 1.54) is 18.4 Å². The summed E-state index contributed by atoms with van der Waals surface area (Å²) in [6.45, 7) is 2.20. The minimum atomic E-state index is 0.653. The molecule has 4 heteroatoms. The Balaban J connectivity index is 1.90. The summed E-state index contributed by atoms with van der Waals surface area (Å²) in [4.78, 5) is 4.40. The van der Waals surface area contributed by atoms with Crippen molar-refractivity contribution in [2.24, 2.45) is 0 Å². The van der Waals surface area contributed by atoms with Gasteiger partial charge in [-0.2, -0.15) is 0 Å². The zero-order valence-corrected chi connectivity index (χ0v) is 14.9. The number of benzene rings is 2. The molecule has 0 saturated heterocycles. The van der Waals surface area contributed by atoms with Gasteiger partial charge in [0.15, 0.2) is 11.5 Å². The monoisotopic (exact) mass is 337 g/mol. The van der Waals surface area contributed by atoms with E-state index in [-0.39, 0.29) is 0 Å². The molecule has 0 N–H and O–H groups in total. The van der Waals surface area contributed by atoms with Crippen LogP contribution >= 0.6 is 0 Å². The van der Waals surface area contributed by atoms with E-state index >= 15 is 0 Å². The fraction of sp³-hybridized carbons (Fsp3) is 0.286. The number of rotatable bonds is 7. The third kappa shape index (κ3) is 3.85. The first-order chi connectivity index (χ1) is 12.2. The predicted molar refractivity (Wildman–Crippen MR) is 100.0 cm³/mol. The predicted octanol–water partition coefficient (Wildman–Crippen LogP) is 5.39. The molecular weight excluding hydrogens is 314 g/mol. The summed E-state index contributed by atoms with van der Waals surface area (Å²) >= 11 is 0. The summed E-state index contributed by atoms with van der Waals surface area (Å²) in [6, 6.07) is 13.9. The second-order valence-electron chi connectivity index (χ2n) is 5.88. The Bertz CT molecular complexity index is 844. The molecule has 0 amide bonds. The highest BCUT2D eigenvalue weighted by Crippen LogP contribution is 2.36. The minimum absolute atomic E-state index is 0.653. The standard InChI is InChI=1S/C21H23NO3/c1-4-5-6-15-7-9-16(10-8-15)25-19-11-12-22-18-14-21(24-3)20(23-2)13-17(18)19/h7-14H,4-6H2,1-3H3. The molecule has 0 radical (unpaired) electrons. The van der Waals surface area contributed by atoms with Gasteiger partial charge in [-0.3, -0.25) is 4.98 Å². The van der Waals surface area contributed by atoms with Gasteiger partial charge in [-0.25, -0.2) is 0 Å². The van der Waals surface area contributed by atoms with Crippen LogP contribution in [0.5, 0.6) is 23.0 Å². The van der Waals surface area contributed by atoms with Crippen LogP contribution < -0.4 is 14.2 Å². The lowest BCUT2D eigenvalue weighted by atomic mass is 10.1. The molecule has 0 bridgehead atoms. The number of methoxy groups -OCH3 is 2. The van der Waals surface area contributed by atoms with E-state index < -0.39 is 0 Å². The van der Waals surface area contributed by atoms with Crippen LogP contribution in [0.1, 0.15) is 25.3 Å². The molecular formula is C21H23NO3. The molecule has 0 unspecified atom stereocenters. The highest BCUT2D eigenvalue weighted by atomic mass is 16.5. The van der Waals surface area contributed by atoms with Crippen LogP contribution in [0, 0.1) is 0 Å². The first-order valence-corrected chi connectivity index (χ1v) is 8.52. The Kier molecular flexibility index (Phi) is 5.39. The van der Waals surface area contributed by atoms with E-state index in [9.17, 15) is 0 Å². The van der Waals surface area contributed by atoms with Crippen LogP contribution in [0.25, 0.3) is 10.9 Å². The SMILES string of the molecule is CCCCc1ccc(Oc2ccnc3cc(OC)c(OC)cc23)cc1. The third-order valence-corrected chi connectivity index (χ3v) is 4.18. The van der Waals surface area contributed by atoms with Crippen molar-refractivity contribution < 1.29 is 14.2 Å². The second-order valence-corrected chi connectivity index (χ2v) is 5.88. The Hall–Kier alpha value is -2.75. The number of aromatic nitrogens is 1. The van der Waals surface area contributed by atoms with Crippen molar-refractivity contribution in [2.75, 3.05) is 14.2 Å². The largest absolute Gasteiger partial charge is 0.493 e. The molecule has 3 rings (SSSR count). The van der Waals surface area contributed by atoms with Gasteiger partial charge in [0.1, 0.15) is 11.5 Å². The van der Waals surface area contributed by atoms with E-state index in [1.807, 2.05) is 30.3 Å². The van der Waals surface area contributed by atoms with Crippen molar-refractivity contribution in [3.05, 3.63) is 54.2 Å². The summed E-state index contributed by atoms with van der Waals surface area (Å²) in [5.74, 6) is 2.86. The number of hydrogen-bond acceptors (Lipinski definition) is 4. The van der Waals surface area contributed by atoms with Crippen LogP contribution in [0.4, 0.5) is 0 Å². The fourth-order valence-electron chi connectivity index (χ4n) is 2.77.